The van der Waals surface area contributed by atoms with E-state index in [9.17, 15) is 0 Å². The van der Waals surface area contributed by atoms with E-state index in [4.69, 9.17) is 15.0 Å². The van der Waals surface area contributed by atoms with E-state index in [1.165, 1.54) is 52.8 Å². The first-order chi connectivity index (χ1) is 45.8. The lowest BCUT2D eigenvalue weighted by molar-refractivity contribution is 1.14. The topological polar surface area (TPSA) is 47.5 Å². The van der Waals surface area contributed by atoms with Crippen molar-refractivity contribution in [2.24, 2.45) is 0 Å². The second-order valence-corrected chi connectivity index (χ2v) is 25.8. The van der Waals surface area contributed by atoms with Gasteiger partial charge in [0.15, 0.2) is 0 Å². The summed E-state index contributed by atoms with van der Waals surface area (Å²) in [6.07, 6.45) is 1.88. The smallest absolute Gasteiger partial charge is 0.145 e. The van der Waals surface area contributed by atoms with Crippen LogP contribution in [0.5, 0.6) is 0 Å². The Morgan fingerprint density at radius 3 is 1.19 bits per heavy atom. The predicted octanol–water partition coefficient (Wildman–Crippen LogP) is 23.6. The summed E-state index contributed by atoms with van der Waals surface area (Å²) in [5, 5.41) is 9.58. The Hall–Kier alpha value is -11.6. The van der Waals surface area contributed by atoms with E-state index in [-0.39, 0.29) is 0 Å². The van der Waals surface area contributed by atoms with Gasteiger partial charge in [0, 0.05) is 64.9 Å². The van der Waals surface area contributed by atoms with E-state index in [0.29, 0.717) is 0 Å². The van der Waals surface area contributed by atoms with Crippen LogP contribution in [0.25, 0.3) is 175 Å². The van der Waals surface area contributed by atoms with Crippen molar-refractivity contribution in [2.75, 3.05) is 0 Å². The van der Waals surface area contributed by atoms with Gasteiger partial charge in [0.05, 0.1) is 28.1 Å². The van der Waals surface area contributed by atoms with Gasteiger partial charge in [-0.25, -0.2) is 9.97 Å². The summed E-state index contributed by atoms with van der Waals surface area (Å²) >= 11 is 1.86. The third-order valence-electron chi connectivity index (χ3n) is 19.5. The molecule has 12 aromatic carbocycles. The van der Waals surface area contributed by atoms with Crippen LogP contribution in [0.15, 0.2) is 285 Å². The quantitative estimate of drug-likeness (QED) is 0.135. The largest absolute Gasteiger partial charge is 0.296 e. The molecule has 0 N–H and O–H groups in total. The van der Waals surface area contributed by atoms with Gasteiger partial charge >= 0.3 is 0 Å². The molecule has 0 unspecified atom stereocenters. The molecule has 438 valence electrons. The first kappa shape index (κ1) is 54.4. The van der Waals surface area contributed by atoms with Crippen LogP contribution in [0.1, 0.15) is 22.8 Å². The standard InChI is InChI=1S/C87H59N5S/c1-52-54(3)91-82-31-16-14-28-72(82)79-47-58(35-41-76(79)86(91)89-52)65-22-8-10-24-67(65)62-44-63(68-25-11-9-23-66(68)59-36-42-77-80(48-59)73-29-15-17-32-83(73)92-55(4)53(2)90-87(77)92)46-64(45-62)69-26-12-13-27-70(69)71-38-37-61(81-30-18-19-43-88-81)49-78(71)60-34-40-75-74-39-33-57(56-20-6-5-7-21-56)50-84(74)93-85(75)51-60/h5-51H,1-4H3. The number of rotatable bonds is 9. The molecule has 0 radical (unpaired) electrons. The van der Waals surface area contributed by atoms with Crippen LogP contribution in [0.4, 0.5) is 0 Å². The zero-order chi connectivity index (χ0) is 62.0. The first-order valence-corrected chi connectivity index (χ1v) is 32.7. The number of hydrogen-bond donors (Lipinski definition) is 0. The molecule has 0 saturated carbocycles. The van der Waals surface area contributed by atoms with Gasteiger partial charge in [-0.2, -0.15) is 0 Å². The van der Waals surface area contributed by atoms with Gasteiger partial charge in [-0.05, 0) is 212 Å². The summed E-state index contributed by atoms with van der Waals surface area (Å²) in [5.74, 6) is 0. The minimum atomic E-state index is 0.934. The number of para-hydroxylation sites is 2. The van der Waals surface area contributed by atoms with Crippen LogP contribution in [0, 0.1) is 27.7 Å². The lowest BCUT2D eigenvalue weighted by atomic mass is 9.84. The van der Waals surface area contributed by atoms with Crippen LogP contribution in [0.2, 0.25) is 0 Å². The van der Waals surface area contributed by atoms with Gasteiger partial charge < -0.3 is 0 Å². The summed E-state index contributed by atoms with van der Waals surface area (Å²) in [6.45, 7) is 8.57. The number of fused-ring (bicyclic) bond motifs is 15. The van der Waals surface area contributed by atoms with Crippen molar-refractivity contribution in [2.45, 2.75) is 27.7 Å². The molecule has 93 heavy (non-hydrogen) atoms. The van der Waals surface area contributed by atoms with Crippen molar-refractivity contribution >= 4 is 86.2 Å². The number of aromatic nitrogens is 5. The highest BCUT2D eigenvalue weighted by Crippen LogP contribution is 2.48. The normalized spacial score (nSPS) is 11.9. The van der Waals surface area contributed by atoms with Gasteiger partial charge in [0.25, 0.3) is 0 Å². The van der Waals surface area contributed by atoms with Gasteiger partial charge in [-0.1, -0.05) is 194 Å². The van der Waals surface area contributed by atoms with Crippen molar-refractivity contribution in [1.82, 2.24) is 23.8 Å². The number of nitrogens with zero attached hydrogens (tertiary/aromatic N) is 5. The van der Waals surface area contributed by atoms with E-state index in [1.807, 2.05) is 23.6 Å². The zero-order valence-electron chi connectivity index (χ0n) is 51.8. The lowest BCUT2D eigenvalue weighted by Crippen LogP contribution is -1.95. The average molecular weight is 1210 g/mol. The molecule has 6 heteroatoms. The second kappa shape index (κ2) is 21.6. The minimum Gasteiger partial charge on any atom is -0.296 e. The van der Waals surface area contributed by atoms with Gasteiger partial charge in [-0.15, -0.1) is 11.3 Å². The Kier molecular flexibility index (Phi) is 12.6. The first-order valence-electron chi connectivity index (χ1n) is 31.9. The fourth-order valence-corrected chi connectivity index (χ4v) is 15.9. The van der Waals surface area contributed by atoms with Crippen molar-refractivity contribution in [3.8, 4) is 100 Å². The number of pyridine rings is 3. The molecule has 0 spiro atoms. The maximum Gasteiger partial charge on any atom is 0.145 e. The molecule has 6 heterocycles. The van der Waals surface area contributed by atoms with E-state index < -0.39 is 0 Å². The second-order valence-electron chi connectivity index (χ2n) is 24.7. The third-order valence-corrected chi connectivity index (χ3v) is 20.6. The fraction of sp³-hybridized carbons (Fsp3) is 0.0460. The Labute approximate surface area is 542 Å². The molecule has 6 aromatic heterocycles. The van der Waals surface area contributed by atoms with Gasteiger partial charge in [0.2, 0.25) is 0 Å². The number of imidazole rings is 2. The highest BCUT2D eigenvalue weighted by atomic mass is 32.1. The van der Waals surface area contributed by atoms with Crippen LogP contribution in [-0.4, -0.2) is 23.8 Å². The highest BCUT2D eigenvalue weighted by molar-refractivity contribution is 7.25. The van der Waals surface area contributed by atoms with E-state index in [0.717, 1.165) is 145 Å². The van der Waals surface area contributed by atoms with Crippen LogP contribution in [-0.2, 0) is 0 Å². The maximum atomic E-state index is 5.17. The minimum absolute atomic E-state index is 0.934. The summed E-state index contributed by atoms with van der Waals surface area (Å²) in [7, 11) is 0. The van der Waals surface area contributed by atoms with Crippen molar-refractivity contribution in [3.05, 3.63) is 308 Å². The molecule has 18 rings (SSSR count). The highest BCUT2D eigenvalue weighted by Gasteiger charge is 2.22. The van der Waals surface area contributed by atoms with Gasteiger partial charge in [-0.3, -0.25) is 13.8 Å². The third kappa shape index (κ3) is 8.85. The fourth-order valence-electron chi connectivity index (χ4n) is 14.7. The molecular weight excluding hydrogens is 1150 g/mol. The molecule has 0 aliphatic rings. The number of benzene rings is 12. The van der Waals surface area contributed by atoms with E-state index >= 15 is 0 Å². The Balaban J connectivity index is 0.848. The summed E-state index contributed by atoms with van der Waals surface area (Å²) < 4.78 is 7.18. The monoisotopic (exact) mass is 1210 g/mol. The molecule has 18 aromatic rings. The van der Waals surface area contributed by atoms with Crippen LogP contribution in [0.3, 0.4) is 0 Å². The molecule has 0 fully saturated rings. The number of thiophene rings is 1. The predicted molar refractivity (Wildman–Crippen MR) is 393 cm³/mol. The number of hydrogen-bond acceptors (Lipinski definition) is 4. The Morgan fingerprint density at radius 1 is 0.258 bits per heavy atom. The molecule has 0 bridgehead atoms. The van der Waals surface area contributed by atoms with Crippen molar-refractivity contribution < 1.29 is 0 Å². The number of aryl methyl sites for hydroxylation is 4. The molecule has 0 saturated heterocycles. The van der Waals surface area contributed by atoms with Gasteiger partial charge in [0.1, 0.15) is 11.3 Å². The molecule has 0 atom stereocenters. The lowest BCUT2D eigenvalue weighted by Gasteiger charge is -2.20. The molecule has 0 aliphatic carbocycles. The van der Waals surface area contributed by atoms with E-state index in [1.54, 1.807) is 0 Å². The average Bonchev–Trinajstić information content (AvgIpc) is 1.70. The Morgan fingerprint density at radius 2 is 0.667 bits per heavy atom. The van der Waals surface area contributed by atoms with Crippen LogP contribution >= 0.6 is 11.3 Å². The molecule has 0 aliphatic heterocycles. The summed E-state index contributed by atoms with van der Waals surface area (Å²) in [6, 6.07) is 103. The Bertz CT molecular complexity index is 5880. The zero-order valence-corrected chi connectivity index (χ0v) is 52.6. The molecular formula is C87H59N5S. The van der Waals surface area contributed by atoms with Crippen molar-refractivity contribution in [1.29, 1.82) is 0 Å². The molecule has 0 amide bonds. The van der Waals surface area contributed by atoms with Crippen LogP contribution < -0.4 is 0 Å². The SMILES string of the molecule is Cc1nc2c3ccc(-c4ccccc4-c4cc(-c5ccccc5-c5ccc6c(c5)c5ccccc5n5c(C)c(C)nc65)cc(-c5ccccc5-c5ccc(-c6ccccn6)cc5-c5ccc6c(c5)sc5cc(-c7ccccc7)ccc56)c4)cc3c3ccccc3n2c1C. The van der Waals surface area contributed by atoms with Crippen molar-refractivity contribution in [3.63, 3.8) is 0 Å². The molecule has 5 nitrogen and oxygen atoms in total. The summed E-state index contributed by atoms with van der Waals surface area (Å²) in [4.78, 5) is 15.2. The maximum absolute atomic E-state index is 5.17. The van der Waals surface area contributed by atoms with E-state index in [2.05, 4.69) is 309 Å². The summed E-state index contributed by atoms with van der Waals surface area (Å²) in [5.41, 5.74) is 29.1.